The predicted molar refractivity (Wildman–Crippen MR) is 96.0 cm³/mol. The van der Waals surface area contributed by atoms with Crippen molar-refractivity contribution in [3.63, 3.8) is 0 Å². The zero-order valence-electron chi connectivity index (χ0n) is 13.4. The van der Waals surface area contributed by atoms with Gasteiger partial charge in [0.25, 0.3) is 11.8 Å². The van der Waals surface area contributed by atoms with Crippen LogP contribution < -0.4 is 5.48 Å². The Bertz CT molecular complexity index is 947. The number of thiophene rings is 1. The molecule has 0 aliphatic carbocycles. The molecule has 0 saturated heterocycles. The predicted octanol–water partition coefficient (Wildman–Crippen LogP) is 3.22. The fourth-order valence-electron chi connectivity index (χ4n) is 3.18. The highest BCUT2D eigenvalue weighted by Crippen LogP contribution is 2.28. The quantitative estimate of drug-likeness (QED) is 0.550. The largest absolute Gasteiger partial charge is 0.333 e. The van der Waals surface area contributed by atoms with E-state index in [-0.39, 0.29) is 5.91 Å². The molecule has 25 heavy (non-hydrogen) atoms. The lowest BCUT2D eigenvalue weighted by Crippen LogP contribution is -2.35. The fourth-order valence-corrected chi connectivity index (χ4v) is 4.21. The van der Waals surface area contributed by atoms with Gasteiger partial charge in [0.2, 0.25) is 0 Å². The normalized spacial score (nSPS) is 13.6. The molecule has 1 aliphatic heterocycles. The Balaban J connectivity index is 1.57. The van der Waals surface area contributed by atoms with Crippen LogP contribution >= 0.6 is 11.3 Å². The lowest BCUT2D eigenvalue weighted by Gasteiger charge is -2.28. The molecule has 1 aromatic heterocycles. The summed E-state index contributed by atoms with van der Waals surface area (Å²) in [6.07, 6.45) is 0.693. The summed E-state index contributed by atoms with van der Waals surface area (Å²) in [6, 6.07) is 15.2. The van der Waals surface area contributed by atoms with Gasteiger partial charge in [-0.15, -0.1) is 11.3 Å². The lowest BCUT2D eigenvalue weighted by molar-refractivity contribution is 0.0703. The molecule has 4 rings (SSSR count). The molecule has 0 fully saturated rings. The van der Waals surface area contributed by atoms with Crippen LogP contribution in [-0.2, 0) is 13.0 Å². The number of nitrogens with one attached hydrogen (secondary N) is 1. The van der Waals surface area contributed by atoms with Gasteiger partial charge in [-0.1, -0.05) is 24.3 Å². The number of hydroxylamine groups is 1. The number of hydrogen-bond donors (Lipinski definition) is 2. The summed E-state index contributed by atoms with van der Waals surface area (Å²) in [5, 5.41) is 9.83. The van der Waals surface area contributed by atoms with Crippen molar-refractivity contribution in [2.45, 2.75) is 13.0 Å². The van der Waals surface area contributed by atoms with E-state index in [9.17, 15) is 9.59 Å². The standard InChI is InChI=1S/C19H16N2O3S/c22-18(20-24)14-5-6-15-11-21(8-7-12(15)9-14)19(23)17-10-13-3-1-2-4-16(13)25-17/h1-6,9-10,24H,7-8,11H2,(H,20,22). The van der Waals surface area contributed by atoms with E-state index in [1.54, 1.807) is 17.6 Å². The third-order valence-electron chi connectivity index (χ3n) is 4.51. The van der Waals surface area contributed by atoms with E-state index in [1.807, 2.05) is 41.3 Å². The van der Waals surface area contributed by atoms with E-state index < -0.39 is 5.91 Å². The molecule has 2 heterocycles. The van der Waals surface area contributed by atoms with Crippen LogP contribution in [0, 0.1) is 0 Å². The van der Waals surface area contributed by atoms with Crippen LogP contribution in [-0.4, -0.2) is 28.5 Å². The summed E-state index contributed by atoms with van der Waals surface area (Å²) >= 11 is 1.52. The first-order valence-electron chi connectivity index (χ1n) is 8.00. The Morgan fingerprint density at radius 1 is 1.08 bits per heavy atom. The van der Waals surface area contributed by atoms with Crippen molar-refractivity contribution in [3.05, 3.63) is 70.1 Å². The van der Waals surface area contributed by atoms with Gasteiger partial charge in [0, 0.05) is 23.4 Å². The van der Waals surface area contributed by atoms with Crippen molar-refractivity contribution in [1.29, 1.82) is 0 Å². The molecule has 6 heteroatoms. The topological polar surface area (TPSA) is 69.6 Å². The molecule has 2 N–H and O–H groups in total. The van der Waals surface area contributed by atoms with Crippen LogP contribution in [0.25, 0.3) is 10.1 Å². The van der Waals surface area contributed by atoms with Crippen molar-refractivity contribution in [3.8, 4) is 0 Å². The Morgan fingerprint density at radius 3 is 2.72 bits per heavy atom. The summed E-state index contributed by atoms with van der Waals surface area (Å²) in [6.45, 7) is 1.15. The molecular formula is C19H16N2O3S. The van der Waals surface area contributed by atoms with Crippen LogP contribution in [0.1, 0.15) is 31.2 Å². The second kappa shape index (κ2) is 6.31. The molecule has 0 bridgehead atoms. The van der Waals surface area contributed by atoms with Gasteiger partial charge >= 0.3 is 0 Å². The van der Waals surface area contributed by atoms with Gasteiger partial charge in [-0.25, -0.2) is 5.48 Å². The molecule has 0 radical (unpaired) electrons. The first-order chi connectivity index (χ1) is 12.2. The number of rotatable bonds is 2. The number of hydrogen-bond acceptors (Lipinski definition) is 4. The average Bonchev–Trinajstić information content (AvgIpc) is 3.10. The summed E-state index contributed by atoms with van der Waals surface area (Å²) in [5.74, 6) is -0.476. The Morgan fingerprint density at radius 2 is 1.92 bits per heavy atom. The molecule has 126 valence electrons. The van der Waals surface area contributed by atoms with Crippen LogP contribution in [0.2, 0.25) is 0 Å². The van der Waals surface area contributed by atoms with E-state index in [0.29, 0.717) is 25.1 Å². The van der Waals surface area contributed by atoms with E-state index in [0.717, 1.165) is 26.1 Å². The van der Waals surface area contributed by atoms with Crippen molar-refractivity contribution in [1.82, 2.24) is 10.4 Å². The molecule has 5 nitrogen and oxygen atoms in total. The minimum absolute atomic E-state index is 0.0454. The van der Waals surface area contributed by atoms with Crippen LogP contribution in [0.15, 0.2) is 48.5 Å². The molecule has 2 amide bonds. The number of nitrogens with zero attached hydrogens (tertiary/aromatic N) is 1. The smallest absolute Gasteiger partial charge is 0.274 e. The summed E-state index contributed by atoms with van der Waals surface area (Å²) in [5.41, 5.74) is 4.15. The summed E-state index contributed by atoms with van der Waals surface area (Å²) in [7, 11) is 0. The highest BCUT2D eigenvalue weighted by atomic mass is 32.1. The van der Waals surface area contributed by atoms with Crippen molar-refractivity contribution < 1.29 is 14.8 Å². The van der Waals surface area contributed by atoms with E-state index in [2.05, 4.69) is 0 Å². The van der Waals surface area contributed by atoms with Gasteiger partial charge in [0.05, 0.1) is 4.88 Å². The minimum atomic E-state index is -0.522. The van der Waals surface area contributed by atoms with Crippen LogP contribution in [0.5, 0.6) is 0 Å². The SMILES string of the molecule is O=C(NO)c1ccc2c(c1)CCN(C(=O)c1cc3ccccc3s1)C2. The number of carbonyl (C=O) groups excluding carboxylic acids is 2. The highest BCUT2D eigenvalue weighted by molar-refractivity contribution is 7.20. The summed E-state index contributed by atoms with van der Waals surface area (Å²) in [4.78, 5) is 27.0. The van der Waals surface area contributed by atoms with E-state index in [4.69, 9.17) is 5.21 Å². The maximum atomic E-state index is 12.8. The van der Waals surface area contributed by atoms with Gasteiger partial charge in [0.15, 0.2) is 0 Å². The summed E-state index contributed by atoms with van der Waals surface area (Å²) < 4.78 is 1.11. The van der Waals surface area contributed by atoms with Crippen molar-refractivity contribution >= 4 is 33.2 Å². The Kier molecular flexibility index (Phi) is 3.99. The number of amides is 2. The monoisotopic (exact) mass is 352 g/mol. The first-order valence-corrected chi connectivity index (χ1v) is 8.81. The maximum Gasteiger partial charge on any atom is 0.274 e. The molecule has 1 aliphatic rings. The second-order valence-corrected chi connectivity index (χ2v) is 7.13. The van der Waals surface area contributed by atoms with Gasteiger partial charge in [-0.3, -0.25) is 14.8 Å². The Labute approximate surface area is 148 Å². The van der Waals surface area contributed by atoms with Crippen molar-refractivity contribution in [2.24, 2.45) is 0 Å². The fraction of sp³-hybridized carbons (Fsp3) is 0.158. The van der Waals surface area contributed by atoms with E-state index >= 15 is 0 Å². The molecular weight excluding hydrogens is 336 g/mol. The zero-order chi connectivity index (χ0) is 17.4. The number of carbonyl (C=O) groups is 2. The lowest BCUT2D eigenvalue weighted by atomic mass is 9.97. The Hall–Kier alpha value is -2.70. The average molecular weight is 352 g/mol. The highest BCUT2D eigenvalue weighted by Gasteiger charge is 2.23. The minimum Gasteiger partial charge on any atom is -0.333 e. The van der Waals surface area contributed by atoms with E-state index in [1.165, 1.54) is 11.3 Å². The molecule has 0 unspecified atom stereocenters. The maximum absolute atomic E-state index is 12.8. The second-order valence-electron chi connectivity index (χ2n) is 6.05. The molecule has 0 spiro atoms. The first kappa shape index (κ1) is 15.8. The third-order valence-corrected chi connectivity index (χ3v) is 5.61. The molecule has 0 atom stereocenters. The molecule has 0 saturated carbocycles. The van der Waals surface area contributed by atoms with Crippen molar-refractivity contribution in [2.75, 3.05) is 6.54 Å². The number of fused-ring (bicyclic) bond motifs is 2. The molecule has 3 aromatic rings. The third kappa shape index (κ3) is 2.90. The molecule has 2 aromatic carbocycles. The van der Waals surface area contributed by atoms with Gasteiger partial charge in [-0.05, 0) is 47.2 Å². The van der Waals surface area contributed by atoms with Gasteiger partial charge in [0.1, 0.15) is 0 Å². The van der Waals surface area contributed by atoms with Gasteiger partial charge < -0.3 is 4.90 Å². The van der Waals surface area contributed by atoms with Crippen LogP contribution in [0.4, 0.5) is 0 Å². The zero-order valence-corrected chi connectivity index (χ0v) is 14.2. The van der Waals surface area contributed by atoms with Crippen LogP contribution in [0.3, 0.4) is 0 Å². The van der Waals surface area contributed by atoms with Gasteiger partial charge in [-0.2, -0.15) is 0 Å². The number of benzene rings is 2.